The summed E-state index contributed by atoms with van der Waals surface area (Å²) in [6.45, 7) is 8.91. The van der Waals surface area contributed by atoms with Crippen molar-refractivity contribution in [3.63, 3.8) is 0 Å². The van der Waals surface area contributed by atoms with E-state index in [2.05, 4.69) is 76.8 Å². The molecule has 6 heterocycles. The van der Waals surface area contributed by atoms with Crippen LogP contribution in [0.25, 0.3) is 33.6 Å². The molecule has 10 rings (SSSR count). The normalized spacial score (nSPS) is 26.6. The fourth-order valence-corrected chi connectivity index (χ4v) is 13.9. The molecule has 4 aliphatic rings. The molecule has 288 valence electrons. The third-order valence-electron chi connectivity index (χ3n) is 12.7. The summed E-state index contributed by atoms with van der Waals surface area (Å²) < 4.78 is 54.3. The lowest BCUT2D eigenvalue weighted by Gasteiger charge is -2.21. The van der Waals surface area contributed by atoms with Gasteiger partial charge in [-0.2, -0.15) is 0 Å². The smallest absolute Gasteiger partial charge is 0.179 e. The van der Waals surface area contributed by atoms with E-state index in [4.69, 9.17) is 0 Å². The van der Waals surface area contributed by atoms with Crippen LogP contribution < -0.4 is 0 Å². The molecule has 0 aliphatic heterocycles. The Kier molecular flexibility index (Phi) is 8.86. The second-order valence-corrected chi connectivity index (χ2v) is 21.9. The van der Waals surface area contributed by atoms with E-state index < -0.39 is 19.7 Å². The van der Waals surface area contributed by atoms with Crippen molar-refractivity contribution < 1.29 is 16.8 Å². The first-order valence-corrected chi connectivity index (χ1v) is 23.1. The lowest BCUT2D eigenvalue weighted by molar-refractivity contribution is 0.343. The Bertz CT molecular complexity index is 2370. The molecule has 54 heavy (non-hydrogen) atoms. The monoisotopic (exact) mass is 774 g/mol. The van der Waals surface area contributed by atoms with E-state index in [1.165, 1.54) is 0 Å². The Morgan fingerprint density at radius 1 is 0.630 bits per heavy atom. The van der Waals surface area contributed by atoms with Crippen LogP contribution in [0.5, 0.6) is 0 Å². The number of hydrogen-bond donors (Lipinski definition) is 2. The molecule has 16 heteroatoms. The molecule has 4 fully saturated rings. The SMILES string of the molecule is CC(C)[C@@H]1C[C@@H](CS(=O)(=O)C2CC2)C[C@H]1c1nnc2cnc3[nH]ccc3n12.CC(C)[C@H]1C[C@H](CS(=O)(=O)C2CC2)C[C@@H]1c1nnc2cnc3[nH]ccc3n12. The summed E-state index contributed by atoms with van der Waals surface area (Å²) in [4.78, 5) is 15.1. The number of nitrogens with zero attached hydrogens (tertiary/aromatic N) is 8. The molecule has 0 amide bonds. The van der Waals surface area contributed by atoms with Gasteiger partial charge in [0.15, 0.2) is 42.3 Å². The minimum absolute atomic E-state index is 0.0754. The van der Waals surface area contributed by atoms with Crippen LogP contribution in [0.1, 0.15) is 103 Å². The zero-order chi connectivity index (χ0) is 37.5. The minimum Gasteiger partial charge on any atom is -0.345 e. The van der Waals surface area contributed by atoms with Gasteiger partial charge in [-0.3, -0.25) is 8.80 Å². The highest BCUT2D eigenvalue weighted by molar-refractivity contribution is 7.92. The van der Waals surface area contributed by atoms with Crippen molar-refractivity contribution in [1.82, 2.24) is 49.1 Å². The lowest BCUT2D eigenvalue weighted by Crippen LogP contribution is -2.18. The molecular formula is C38H50N10O4S2. The molecule has 0 radical (unpaired) electrons. The second-order valence-electron chi connectivity index (χ2n) is 17.2. The van der Waals surface area contributed by atoms with Crippen molar-refractivity contribution in [3.05, 3.63) is 48.6 Å². The maximum Gasteiger partial charge on any atom is 0.179 e. The van der Waals surface area contributed by atoms with Crippen molar-refractivity contribution in [2.45, 2.75) is 101 Å². The lowest BCUT2D eigenvalue weighted by atomic mass is 9.85. The first-order chi connectivity index (χ1) is 25.9. The van der Waals surface area contributed by atoms with Gasteiger partial charge in [0.1, 0.15) is 11.6 Å². The molecule has 4 aliphatic carbocycles. The van der Waals surface area contributed by atoms with Crippen LogP contribution in [0.4, 0.5) is 0 Å². The molecule has 0 spiro atoms. The van der Waals surface area contributed by atoms with Crippen LogP contribution in [0.2, 0.25) is 0 Å². The molecule has 6 atom stereocenters. The summed E-state index contributed by atoms with van der Waals surface area (Å²) in [6.07, 6.45) is 14.2. The predicted molar refractivity (Wildman–Crippen MR) is 206 cm³/mol. The van der Waals surface area contributed by atoms with Gasteiger partial charge < -0.3 is 9.97 Å². The molecule has 6 aromatic rings. The number of H-pyrrole nitrogens is 2. The zero-order valence-corrected chi connectivity index (χ0v) is 33.0. The molecule has 4 saturated carbocycles. The van der Waals surface area contributed by atoms with Gasteiger partial charge in [-0.05, 0) is 99.0 Å². The van der Waals surface area contributed by atoms with E-state index in [0.29, 0.717) is 35.2 Å². The van der Waals surface area contributed by atoms with Crippen molar-refractivity contribution >= 4 is 53.3 Å². The van der Waals surface area contributed by atoms with Crippen molar-refractivity contribution in [3.8, 4) is 0 Å². The third-order valence-corrected chi connectivity index (χ3v) is 17.6. The highest BCUT2D eigenvalue weighted by Crippen LogP contribution is 2.49. The molecular weight excluding hydrogens is 725 g/mol. The molecule has 14 nitrogen and oxygen atoms in total. The summed E-state index contributed by atoms with van der Waals surface area (Å²) in [5.74, 6) is 5.19. The van der Waals surface area contributed by atoms with Crippen LogP contribution in [0.3, 0.4) is 0 Å². The maximum absolute atomic E-state index is 12.5. The highest BCUT2D eigenvalue weighted by Gasteiger charge is 2.45. The van der Waals surface area contributed by atoms with Gasteiger partial charge >= 0.3 is 0 Å². The topological polar surface area (TPSA) is 186 Å². The van der Waals surface area contributed by atoms with E-state index >= 15 is 0 Å². The quantitative estimate of drug-likeness (QED) is 0.170. The van der Waals surface area contributed by atoms with Gasteiger partial charge in [0.2, 0.25) is 0 Å². The Morgan fingerprint density at radius 3 is 1.41 bits per heavy atom. The van der Waals surface area contributed by atoms with E-state index in [0.717, 1.165) is 96.6 Å². The summed E-state index contributed by atoms with van der Waals surface area (Å²) in [5, 5.41) is 17.6. The number of aromatic nitrogens is 10. The maximum atomic E-state index is 12.5. The van der Waals surface area contributed by atoms with Crippen LogP contribution >= 0.6 is 0 Å². The Labute approximate surface area is 315 Å². The van der Waals surface area contributed by atoms with Gasteiger partial charge in [-0.25, -0.2) is 26.8 Å². The van der Waals surface area contributed by atoms with Gasteiger partial charge in [0.05, 0.1) is 45.4 Å². The van der Waals surface area contributed by atoms with Crippen molar-refractivity contribution in [2.24, 2.45) is 35.5 Å². The number of rotatable bonds is 10. The molecule has 6 aromatic heterocycles. The molecule has 0 bridgehead atoms. The first-order valence-electron chi connectivity index (χ1n) is 19.6. The summed E-state index contributed by atoms with van der Waals surface area (Å²) in [7, 11) is -5.88. The summed E-state index contributed by atoms with van der Waals surface area (Å²) in [5.41, 5.74) is 5.07. The van der Waals surface area contributed by atoms with E-state index in [9.17, 15) is 16.8 Å². The molecule has 2 N–H and O–H groups in total. The number of fused-ring (bicyclic) bond motifs is 6. The molecule has 0 unspecified atom stereocenters. The highest BCUT2D eigenvalue weighted by atomic mass is 32.2. The minimum atomic E-state index is -2.94. The first kappa shape index (κ1) is 35.8. The number of sulfone groups is 2. The third kappa shape index (κ3) is 6.50. The Morgan fingerprint density at radius 2 is 1.04 bits per heavy atom. The van der Waals surface area contributed by atoms with Crippen LogP contribution in [0.15, 0.2) is 36.9 Å². The second kappa shape index (κ2) is 13.4. The van der Waals surface area contributed by atoms with E-state index in [1.807, 2.05) is 24.5 Å². The van der Waals surface area contributed by atoms with Gasteiger partial charge in [0.25, 0.3) is 0 Å². The average Bonchev–Trinajstić information content (AvgIpc) is 3.73. The number of aromatic amines is 2. The Hall–Kier alpha value is -3.92. The van der Waals surface area contributed by atoms with Gasteiger partial charge in [-0.1, -0.05) is 27.7 Å². The van der Waals surface area contributed by atoms with Gasteiger partial charge in [-0.15, -0.1) is 20.4 Å². The van der Waals surface area contributed by atoms with Gasteiger partial charge in [0, 0.05) is 24.2 Å². The largest absolute Gasteiger partial charge is 0.345 e. The fraction of sp³-hybridized carbons (Fsp3) is 0.632. The standard InChI is InChI=1S/2C19H25N5O2S/c2*1-11(2)14-7-12(10-27(25,26)13-3-4-13)8-15(14)19-23-22-17-9-21-18-16(24(17)19)5-6-20-18/h2*5-6,9,11-15,20H,3-4,7-8,10H2,1-2H3/t2*12-,14+,15-/m10/s1. The fourth-order valence-electron chi connectivity index (χ4n) is 9.76. The van der Waals surface area contributed by atoms with Crippen LogP contribution in [0, 0.1) is 35.5 Å². The van der Waals surface area contributed by atoms with Crippen molar-refractivity contribution in [2.75, 3.05) is 11.5 Å². The Balaban J connectivity index is 0.000000142. The van der Waals surface area contributed by atoms with E-state index in [1.54, 1.807) is 12.4 Å². The van der Waals surface area contributed by atoms with Crippen LogP contribution in [-0.4, -0.2) is 88.0 Å². The van der Waals surface area contributed by atoms with Crippen LogP contribution in [-0.2, 0) is 19.7 Å². The van der Waals surface area contributed by atoms with E-state index in [-0.39, 0.29) is 34.2 Å². The summed E-state index contributed by atoms with van der Waals surface area (Å²) >= 11 is 0. The van der Waals surface area contributed by atoms with Crippen molar-refractivity contribution in [1.29, 1.82) is 0 Å². The summed E-state index contributed by atoms with van der Waals surface area (Å²) in [6, 6.07) is 3.99. The molecule has 0 saturated heterocycles. The number of hydrogen-bond acceptors (Lipinski definition) is 10. The average molecular weight is 775 g/mol. The predicted octanol–water partition coefficient (Wildman–Crippen LogP) is 5.90. The number of nitrogens with one attached hydrogen (secondary N) is 2. The zero-order valence-electron chi connectivity index (χ0n) is 31.3. The molecule has 0 aromatic carbocycles.